The Labute approximate surface area is 96.4 Å². The average Bonchev–Trinajstić information content (AvgIpc) is 2.96. The van der Waals surface area contributed by atoms with Crippen LogP contribution >= 0.6 is 0 Å². The van der Waals surface area contributed by atoms with Crippen molar-refractivity contribution >= 4 is 11.9 Å². The zero-order valence-electron chi connectivity index (χ0n) is 10.2. The van der Waals surface area contributed by atoms with Crippen molar-refractivity contribution in [2.75, 3.05) is 7.05 Å². The minimum atomic E-state index is -0.459. The number of imide groups is 1. The molecule has 0 aromatic carbocycles. The lowest BCUT2D eigenvalue weighted by Crippen LogP contribution is -2.48. The smallest absolute Gasteiger partial charge is 0.321 e. The summed E-state index contributed by atoms with van der Waals surface area (Å²) >= 11 is 0. The second-order valence-corrected chi connectivity index (χ2v) is 4.35. The highest BCUT2D eigenvalue weighted by atomic mass is 16.2. The molecule has 0 heterocycles. The van der Waals surface area contributed by atoms with E-state index < -0.39 is 6.03 Å². The van der Waals surface area contributed by atoms with Crippen molar-refractivity contribution in [2.24, 2.45) is 5.92 Å². The van der Waals surface area contributed by atoms with Crippen molar-refractivity contribution < 1.29 is 9.59 Å². The van der Waals surface area contributed by atoms with E-state index >= 15 is 0 Å². The Hall–Kier alpha value is -1.10. The fourth-order valence-corrected chi connectivity index (χ4v) is 1.82. The maximum atomic E-state index is 11.5. The van der Waals surface area contributed by atoms with Crippen molar-refractivity contribution in [1.82, 2.24) is 16.0 Å². The molecule has 3 unspecified atom stereocenters. The van der Waals surface area contributed by atoms with E-state index in [1.165, 1.54) is 19.9 Å². The van der Waals surface area contributed by atoms with Gasteiger partial charge in [-0.2, -0.15) is 0 Å². The van der Waals surface area contributed by atoms with Crippen LogP contribution in [0.4, 0.5) is 4.79 Å². The lowest BCUT2D eigenvalue weighted by atomic mass is 10.2. The van der Waals surface area contributed by atoms with E-state index in [1.807, 2.05) is 0 Å². The van der Waals surface area contributed by atoms with Crippen LogP contribution in [0, 0.1) is 5.92 Å². The summed E-state index contributed by atoms with van der Waals surface area (Å²) < 4.78 is 0. The Kier molecular flexibility index (Phi) is 4.73. The minimum absolute atomic E-state index is 0.276. The highest BCUT2D eigenvalue weighted by molar-refractivity contribution is 5.96. The molecule has 0 radical (unpaired) electrons. The van der Waals surface area contributed by atoms with Gasteiger partial charge in [0.1, 0.15) is 0 Å². The topological polar surface area (TPSA) is 70.2 Å². The zero-order chi connectivity index (χ0) is 12.1. The second-order valence-electron chi connectivity index (χ2n) is 4.35. The fraction of sp³-hybridized carbons (Fsp3) is 0.818. The first-order chi connectivity index (χ1) is 7.58. The Bertz CT molecular complexity index is 268. The minimum Gasteiger partial charge on any atom is -0.341 e. The van der Waals surface area contributed by atoms with Gasteiger partial charge in [0.25, 0.3) is 0 Å². The van der Waals surface area contributed by atoms with Gasteiger partial charge < -0.3 is 10.6 Å². The summed E-state index contributed by atoms with van der Waals surface area (Å²) in [7, 11) is 1.48. The molecule has 16 heavy (non-hydrogen) atoms. The SMILES string of the molecule is CCCC1CC1NC(C)C(=O)NC(=O)NC. The zero-order valence-corrected chi connectivity index (χ0v) is 10.2. The molecular formula is C11H21N3O2. The summed E-state index contributed by atoms with van der Waals surface area (Å²) in [5.74, 6) is 0.432. The number of amides is 3. The molecule has 1 aliphatic rings. The van der Waals surface area contributed by atoms with Crippen LogP contribution in [-0.2, 0) is 4.79 Å². The van der Waals surface area contributed by atoms with E-state index in [2.05, 4.69) is 22.9 Å². The van der Waals surface area contributed by atoms with Gasteiger partial charge in [0, 0.05) is 13.1 Å². The van der Waals surface area contributed by atoms with Crippen LogP contribution in [0.15, 0.2) is 0 Å². The van der Waals surface area contributed by atoms with Gasteiger partial charge in [-0.3, -0.25) is 10.1 Å². The molecule has 0 aliphatic heterocycles. The number of carbonyl (C=O) groups excluding carboxylic acids is 2. The fourth-order valence-electron chi connectivity index (χ4n) is 1.82. The van der Waals surface area contributed by atoms with Crippen LogP contribution in [0.3, 0.4) is 0 Å². The molecule has 1 rings (SSSR count). The van der Waals surface area contributed by atoms with Crippen LogP contribution in [0.2, 0.25) is 0 Å². The highest BCUT2D eigenvalue weighted by Gasteiger charge is 2.37. The molecular weight excluding hydrogens is 206 g/mol. The Balaban J connectivity index is 2.22. The molecule has 0 aromatic rings. The van der Waals surface area contributed by atoms with E-state index in [1.54, 1.807) is 6.92 Å². The monoisotopic (exact) mass is 227 g/mol. The number of urea groups is 1. The molecule has 0 spiro atoms. The predicted octanol–water partition coefficient (Wildman–Crippen LogP) is 0.609. The summed E-state index contributed by atoms with van der Waals surface area (Å²) in [6.07, 6.45) is 3.54. The lowest BCUT2D eigenvalue weighted by Gasteiger charge is -2.12. The van der Waals surface area contributed by atoms with Gasteiger partial charge in [-0.15, -0.1) is 0 Å². The first kappa shape index (κ1) is 13.0. The maximum absolute atomic E-state index is 11.5. The lowest BCUT2D eigenvalue weighted by molar-refractivity contribution is -0.121. The molecule has 3 N–H and O–H groups in total. The van der Waals surface area contributed by atoms with Crippen LogP contribution in [0.5, 0.6) is 0 Å². The molecule has 0 bridgehead atoms. The third-order valence-electron chi connectivity index (χ3n) is 2.90. The Morgan fingerprint density at radius 1 is 1.44 bits per heavy atom. The normalized spacial score (nSPS) is 24.7. The third kappa shape index (κ3) is 3.81. The van der Waals surface area contributed by atoms with Gasteiger partial charge >= 0.3 is 6.03 Å². The van der Waals surface area contributed by atoms with Crippen LogP contribution < -0.4 is 16.0 Å². The van der Waals surface area contributed by atoms with Gasteiger partial charge in [0.15, 0.2) is 0 Å². The van der Waals surface area contributed by atoms with Gasteiger partial charge in [0.2, 0.25) is 5.91 Å². The van der Waals surface area contributed by atoms with Gasteiger partial charge in [-0.05, 0) is 25.7 Å². The van der Waals surface area contributed by atoms with Crippen LogP contribution in [-0.4, -0.2) is 31.1 Å². The average molecular weight is 227 g/mol. The van der Waals surface area contributed by atoms with Crippen LogP contribution in [0.25, 0.3) is 0 Å². The van der Waals surface area contributed by atoms with Gasteiger partial charge in [-0.25, -0.2) is 4.79 Å². The molecule has 3 atom stereocenters. The molecule has 1 fully saturated rings. The van der Waals surface area contributed by atoms with E-state index in [0.717, 1.165) is 6.42 Å². The number of nitrogens with one attached hydrogen (secondary N) is 3. The molecule has 1 aliphatic carbocycles. The molecule has 5 heteroatoms. The van der Waals surface area contributed by atoms with E-state index in [4.69, 9.17) is 0 Å². The third-order valence-corrected chi connectivity index (χ3v) is 2.90. The Morgan fingerprint density at radius 2 is 2.12 bits per heavy atom. The first-order valence-corrected chi connectivity index (χ1v) is 5.87. The number of rotatable bonds is 5. The summed E-state index contributed by atoms with van der Waals surface area (Å²) in [5.41, 5.74) is 0. The van der Waals surface area contributed by atoms with Gasteiger partial charge in [0.05, 0.1) is 6.04 Å². The van der Waals surface area contributed by atoms with E-state index in [-0.39, 0.29) is 11.9 Å². The molecule has 92 valence electrons. The van der Waals surface area contributed by atoms with Crippen molar-refractivity contribution in [1.29, 1.82) is 0 Å². The molecule has 5 nitrogen and oxygen atoms in total. The molecule has 1 saturated carbocycles. The second kappa shape index (κ2) is 5.84. The Morgan fingerprint density at radius 3 is 2.69 bits per heavy atom. The van der Waals surface area contributed by atoms with Crippen molar-refractivity contribution in [3.63, 3.8) is 0 Å². The van der Waals surface area contributed by atoms with Crippen LogP contribution in [0.1, 0.15) is 33.1 Å². The predicted molar refractivity (Wildman–Crippen MR) is 62.0 cm³/mol. The largest absolute Gasteiger partial charge is 0.341 e. The summed E-state index contributed by atoms with van der Waals surface area (Å²) in [4.78, 5) is 22.4. The molecule has 0 saturated heterocycles. The number of carbonyl (C=O) groups is 2. The summed E-state index contributed by atoms with van der Waals surface area (Å²) in [6, 6.07) is -0.325. The maximum Gasteiger partial charge on any atom is 0.321 e. The van der Waals surface area contributed by atoms with Gasteiger partial charge in [-0.1, -0.05) is 13.3 Å². The molecule has 3 amide bonds. The number of hydrogen-bond acceptors (Lipinski definition) is 3. The standard InChI is InChI=1S/C11H21N3O2/c1-4-5-8-6-9(8)13-7(2)10(15)14-11(16)12-3/h7-9,13H,4-6H2,1-3H3,(H2,12,14,15,16). The van der Waals surface area contributed by atoms with E-state index in [9.17, 15) is 9.59 Å². The number of hydrogen-bond donors (Lipinski definition) is 3. The summed E-state index contributed by atoms with van der Waals surface area (Å²) in [6.45, 7) is 3.94. The van der Waals surface area contributed by atoms with Crippen molar-refractivity contribution in [3.05, 3.63) is 0 Å². The highest BCUT2D eigenvalue weighted by Crippen LogP contribution is 2.34. The van der Waals surface area contributed by atoms with Crippen molar-refractivity contribution in [3.8, 4) is 0 Å². The van der Waals surface area contributed by atoms with E-state index in [0.29, 0.717) is 12.0 Å². The summed E-state index contributed by atoms with van der Waals surface area (Å²) in [5, 5.41) is 7.83. The van der Waals surface area contributed by atoms with Crippen molar-refractivity contribution in [2.45, 2.75) is 45.2 Å². The quantitative estimate of drug-likeness (QED) is 0.644. The molecule has 0 aromatic heterocycles. The first-order valence-electron chi connectivity index (χ1n) is 5.87.